The van der Waals surface area contributed by atoms with Crippen LogP contribution in [-0.4, -0.2) is 0 Å². The number of pyridine rings is 1. The first-order chi connectivity index (χ1) is 3.80. The average Bonchev–Trinajstić information content (AvgIpc) is 1.77. The molecule has 0 saturated carbocycles. The molecule has 0 radical (unpaired) electrons. The van der Waals surface area contributed by atoms with Crippen LogP contribution in [0.15, 0.2) is 29.4 Å². The number of halogens is 2. The van der Waals surface area contributed by atoms with Crippen molar-refractivity contribution in [1.29, 1.82) is 0 Å². The number of rotatable bonds is 0. The van der Waals surface area contributed by atoms with Crippen molar-refractivity contribution in [2.24, 2.45) is 0 Å². The fourth-order valence-electron chi connectivity index (χ4n) is 0.419. The molecule has 0 unspecified atom stereocenters. The summed E-state index contributed by atoms with van der Waals surface area (Å²) in [7, 11) is 0. The molecule has 6 heteroatoms. The predicted molar refractivity (Wildman–Crippen MR) is 32.7 cm³/mol. The van der Waals surface area contributed by atoms with E-state index in [4.69, 9.17) is 0 Å². The van der Waals surface area contributed by atoms with Crippen LogP contribution in [0, 0.1) is 5.21 Å². The van der Waals surface area contributed by atoms with Crippen molar-refractivity contribution in [3.63, 3.8) is 0 Å². The molecule has 1 rings (SSSR count). The molecule has 0 saturated heterocycles. The van der Waals surface area contributed by atoms with Gasteiger partial charge in [0.1, 0.15) is 0 Å². The van der Waals surface area contributed by atoms with E-state index in [2.05, 4.69) is 12.6 Å². The van der Waals surface area contributed by atoms with Gasteiger partial charge < -0.3 is 30.0 Å². The van der Waals surface area contributed by atoms with Crippen LogP contribution >= 0.6 is 12.6 Å². The minimum Gasteiger partial charge on any atom is -1.00 e. The molecular weight excluding hydrogens is 258 g/mol. The van der Waals surface area contributed by atoms with Crippen LogP contribution in [0.25, 0.3) is 0 Å². The monoisotopic (exact) mass is 261 g/mol. The Bertz CT molecular complexity index is 181. The van der Waals surface area contributed by atoms with Crippen molar-refractivity contribution in [3.05, 3.63) is 29.6 Å². The van der Waals surface area contributed by atoms with Crippen molar-refractivity contribution in [3.8, 4) is 0 Å². The van der Waals surface area contributed by atoms with Crippen LogP contribution in [0.5, 0.6) is 0 Å². The second-order valence-electron chi connectivity index (χ2n) is 1.38. The van der Waals surface area contributed by atoms with Crippen LogP contribution < -0.4 is 29.5 Å². The molecule has 0 aromatic carbocycles. The summed E-state index contributed by atoms with van der Waals surface area (Å²) >= 11 is 3.85. The number of thiol groups is 1. The molecule has 58 valence electrons. The first kappa shape index (κ1) is 17.6. The van der Waals surface area contributed by atoms with E-state index in [0.717, 1.165) is 0 Å². The zero-order chi connectivity index (χ0) is 5.98. The van der Waals surface area contributed by atoms with Crippen LogP contribution in [0.1, 0.15) is 0 Å². The van der Waals surface area contributed by atoms with E-state index in [0.29, 0.717) is 9.76 Å². The van der Waals surface area contributed by atoms with Crippen LogP contribution in [0.4, 0.5) is 0 Å². The molecule has 1 heterocycles. The van der Waals surface area contributed by atoms with Gasteiger partial charge in [0.15, 0.2) is 6.20 Å². The molecule has 0 aliphatic rings. The smallest absolute Gasteiger partial charge is 1.00 e. The summed E-state index contributed by atoms with van der Waals surface area (Å²) in [5, 5.41) is 10.9. The van der Waals surface area contributed by atoms with E-state index >= 15 is 0 Å². The largest absolute Gasteiger partial charge is 2.00 e. The molecule has 0 spiro atoms. The summed E-state index contributed by atoms with van der Waals surface area (Å²) in [6, 6.07) is 5.06. The zero-order valence-electron chi connectivity index (χ0n) is 5.58. The molecule has 0 N–H and O–H groups in total. The molecule has 1 aromatic rings. The van der Waals surface area contributed by atoms with Gasteiger partial charge in [-0.25, -0.2) is 0 Å². The standard InChI is InChI=1S/C5H5NOS.2ClH.Zn/c7-6-4-2-1-3-5(6)8;;;/h1-4,8H;2*1H;/q;;;+2/p-2. The summed E-state index contributed by atoms with van der Waals surface area (Å²) < 4.78 is 0.698. The first-order valence-electron chi connectivity index (χ1n) is 2.18. The Morgan fingerprint density at radius 2 is 1.82 bits per heavy atom. The number of aromatic nitrogens is 1. The van der Waals surface area contributed by atoms with Crippen molar-refractivity contribution in [2.75, 3.05) is 0 Å². The maximum atomic E-state index is 10.5. The topological polar surface area (TPSA) is 26.9 Å². The third-order valence-electron chi connectivity index (χ3n) is 0.804. The van der Waals surface area contributed by atoms with Crippen molar-refractivity contribution >= 4 is 12.6 Å². The van der Waals surface area contributed by atoms with Crippen LogP contribution in [-0.2, 0) is 19.5 Å². The Labute approximate surface area is 96.0 Å². The maximum absolute atomic E-state index is 10.5. The van der Waals surface area contributed by atoms with E-state index in [1.165, 1.54) is 6.20 Å². The van der Waals surface area contributed by atoms with Gasteiger partial charge in [0.05, 0.1) is 0 Å². The third-order valence-corrected chi connectivity index (χ3v) is 1.15. The van der Waals surface area contributed by atoms with Gasteiger partial charge in [-0.3, -0.25) is 0 Å². The number of hydrogen-bond acceptors (Lipinski definition) is 2. The van der Waals surface area contributed by atoms with Gasteiger partial charge in [-0.2, -0.15) is 4.73 Å². The molecule has 11 heavy (non-hydrogen) atoms. The van der Waals surface area contributed by atoms with Gasteiger partial charge in [0.25, 0.3) is 0 Å². The molecule has 0 amide bonds. The Morgan fingerprint density at radius 3 is 2.09 bits per heavy atom. The molecule has 0 aliphatic carbocycles. The Balaban J connectivity index is -0.000000213. The summed E-state index contributed by atoms with van der Waals surface area (Å²) in [6.45, 7) is 0. The van der Waals surface area contributed by atoms with Crippen molar-refractivity contribution in [1.82, 2.24) is 0 Å². The van der Waals surface area contributed by atoms with Crippen molar-refractivity contribution < 1.29 is 49.0 Å². The SMILES string of the molecule is [Cl-].[Cl-].[O-][n+]1ccccc1S.[Zn+2]. The summed E-state index contributed by atoms with van der Waals surface area (Å²) in [6.07, 6.45) is 1.41. The average molecular weight is 263 g/mol. The molecule has 0 aliphatic heterocycles. The second kappa shape index (κ2) is 8.60. The van der Waals surface area contributed by atoms with Gasteiger partial charge in [-0.1, -0.05) is 12.6 Å². The zero-order valence-corrected chi connectivity index (χ0v) is 10.9. The van der Waals surface area contributed by atoms with Crippen LogP contribution in [0.3, 0.4) is 0 Å². The van der Waals surface area contributed by atoms with E-state index in [-0.39, 0.29) is 44.3 Å². The molecule has 1 aromatic heterocycles. The molecule has 2 nitrogen and oxygen atoms in total. The fourth-order valence-corrected chi connectivity index (χ4v) is 0.572. The second-order valence-corrected chi connectivity index (χ2v) is 1.84. The van der Waals surface area contributed by atoms with Gasteiger partial charge in [0, 0.05) is 12.1 Å². The van der Waals surface area contributed by atoms with Gasteiger partial charge in [-0.15, -0.1) is 0 Å². The molecule has 0 atom stereocenters. The number of hydrogen-bond donors (Lipinski definition) is 1. The summed E-state index contributed by atoms with van der Waals surface area (Å²) in [5.74, 6) is 0. The maximum Gasteiger partial charge on any atom is 2.00 e. The van der Waals surface area contributed by atoms with E-state index in [9.17, 15) is 5.21 Å². The van der Waals surface area contributed by atoms with Crippen LogP contribution in [0.2, 0.25) is 0 Å². The Hall–Kier alpha value is 0.503. The van der Waals surface area contributed by atoms with Gasteiger partial charge in [-0.05, 0) is 6.07 Å². The molecular formula is C5H5Cl2NOSZn. The predicted octanol–water partition coefficient (Wildman–Crippen LogP) is -5.39. The quantitative estimate of drug-likeness (QED) is 0.215. The fraction of sp³-hybridized carbons (Fsp3) is 0. The summed E-state index contributed by atoms with van der Waals surface area (Å²) in [5.41, 5.74) is 0. The summed E-state index contributed by atoms with van der Waals surface area (Å²) in [4.78, 5) is 0. The Morgan fingerprint density at radius 1 is 1.27 bits per heavy atom. The molecule has 0 bridgehead atoms. The van der Waals surface area contributed by atoms with Crippen molar-refractivity contribution in [2.45, 2.75) is 5.03 Å². The normalized spacial score (nSPS) is 6.64. The minimum atomic E-state index is 0. The van der Waals surface area contributed by atoms with E-state index in [1.54, 1.807) is 18.2 Å². The first-order valence-corrected chi connectivity index (χ1v) is 2.62. The number of nitrogens with zero attached hydrogens (tertiary/aromatic N) is 1. The van der Waals surface area contributed by atoms with Gasteiger partial charge in [0.2, 0.25) is 5.03 Å². The third kappa shape index (κ3) is 5.74. The van der Waals surface area contributed by atoms with E-state index < -0.39 is 0 Å². The Kier molecular flexibility index (Phi) is 13.7. The molecule has 0 fully saturated rings. The minimum absolute atomic E-state index is 0. The van der Waals surface area contributed by atoms with Gasteiger partial charge >= 0.3 is 19.5 Å². The van der Waals surface area contributed by atoms with E-state index in [1.807, 2.05) is 0 Å².